The zero-order chi connectivity index (χ0) is 17.4. The topological polar surface area (TPSA) is 58.2 Å². The van der Waals surface area contributed by atoms with Crippen molar-refractivity contribution in [3.8, 4) is 0 Å². The number of anilines is 1. The normalized spacial score (nSPS) is 10.2. The fourth-order valence-corrected chi connectivity index (χ4v) is 2.72. The number of carbonyl (C=O) groups is 2. The lowest BCUT2D eigenvalue weighted by molar-refractivity contribution is -0.136. The first-order valence-corrected chi connectivity index (χ1v) is 8.39. The van der Waals surface area contributed by atoms with E-state index in [1.807, 2.05) is 18.2 Å². The molecule has 0 saturated heterocycles. The van der Waals surface area contributed by atoms with Gasteiger partial charge in [-0.2, -0.15) is 0 Å². The van der Waals surface area contributed by atoms with Gasteiger partial charge in [0.1, 0.15) is 0 Å². The zero-order valence-electron chi connectivity index (χ0n) is 13.0. The van der Waals surface area contributed by atoms with E-state index in [1.54, 1.807) is 6.07 Å². The SMILES string of the molecule is O=C(NCCCCc1ccccc1)C(=O)Nc1cc(Cl)cc(Cl)c1. The Morgan fingerprint density at radius 3 is 2.21 bits per heavy atom. The predicted molar refractivity (Wildman–Crippen MR) is 97.5 cm³/mol. The Balaban J connectivity index is 1.69. The molecule has 0 fully saturated rings. The van der Waals surface area contributed by atoms with Crippen molar-refractivity contribution in [1.29, 1.82) is 0 Å². The van der Waals surface area contributed by atoms with E-state index in [9.17, 15) is 9.59 Å². The van der Waals surface area contributed by atoms with Crippen LogP contribution in [0.5, 0.6) is 0 Å². The number of rotatable bonds is 6. The highest BCUT2D eigenvalue weighted by molar-refractivity contribution is 6.40. The maximum Gasteiger partial charge on any atom is 0.313 e. The number of carbonyl (C=O) groups excluding carboxylic acids is 2. The average molecular weight is 365 g/mol. The third-order valence-electron chi connectivity index (χ3n) is 3.35. The summed E-state index contributed by atoms with van der Waals surface area (Å²) < 4.78 is 0. The summed E-state index contributed by atoms with van der Waals surface area (Å²) in [5, 5.41) is 5.85. The van der Waals surface area contributed by atoms with Crippen molar-refractivity contribution in [2.24, 2.45) is 0 Å². The lowest BCUT2D eigenvalue weighted by Gasteiger charge is -2.07. The molecule has 0 spiro atoms. The van der Waals surface area contributed by atoms with E-state index in [-0.39, 0.29) is 0 Å². The highest BCUT2D eigenvalue weighted by Gasteiger charge is 2.13. The highest BCUT2D eigenvalue weighted by Crippen LogP contribution is 2.22. The molecule has 0 saturated carbocycles. The monoisotopic (exact) mass is 364 g/mol. The summed E-state index contributed by atoms with van der Waals surface area (Å²) in [5.41, 5.74) is 1.65. The van der Waals surface area contributed by atoms with Gasteiger partial charge < -0.3 is 10.6 Å². The van der Waals surface area contributed by atoms with Crippen molar-refractivity contribution in [1.82, 2.24) is 5.32 Å². The van der Waals surface area contributed by atoms with Gasteiger partial charge in [-0.1, -0.05) is 53.5 Å². The molecule has 2 rings (SSSR count). The molecule has 0 atom stereocenters. The molecule has 4 nitrogen and oxygen atoms in total. The standard InChI is InChI=1S/C18H18Cl2N2O2/c19-14-10-15(20)12-16(11-14)22-18(24)17(23)21-9-5-4-8-13-6-2-1-3-7-13/h1-3,6-7,10-12H,4-5,8-9H2,(H,21,23)(H,22,24). The Morgan fingerprint density at radius 2 is 1.54 bits per heavy atom. The summed E-state index contributed by atoms with van der Waals surface area (Å²) in [5.74, 6) is -1.41. The molecule has 6 heteroatoms. The van der Waals surface area contributed by atoms with Crippen LogP contribution in [0.3, 0.4) is 0 Å². The van der Waals surface area contributed by atoms with Crippen LogP contribution in [0.1, 0.15) is 18.4 Å². The molecule has 2 amide bonds. The van der Waals surface area contributed by atoms with Gasteiger partial charge in [0, 0.05) is 22.3 Å². The number of amides is 2. The van der Waals surface area contributed by atoms with E-state index in [1.165, 1.54) is 17.7 Å². The Hall–Kier alpha value is -2.04. The molecule has 0 heterocycles. The quantitative estimate of drug-likeness (QED) is 0.599. The molecule has 126 valence electrons. The van der Waals surface area contributed by atoms with Gasteiger partial charge in [0.2, 0.25) is 0 Å². The number of nitrogens with one attached hydrogen (secondary N) is 2. The molecule has 0 aliphatic rings. The minimum absolute atomic E-state index is 0.386. The smallest absolute Gasteiger partial charge is 0.313 e. The van der Waals surface area contributed by atoms with E-state index in [4.69, 9.17) is 23.2 Å². The highest BCUT2D eigenvalue weighted by atomic mass is 35.5. The van der Waals surface area contributed by atoms with Crippen LogP contribution in [0.25, 0.3) is 0 Å². The number of aryl methyl sites for hydroxylation is 1. The Labute approximate surface area is 151 Å². The molecule has 24 heavy (non-hydrogen) atoms. The summed E-state index contributed by atoms with van der Waals surface area (Å²) in [7, 11) is 0. The van der Waals surface area contributed by atoms with Crippen LogP contribution in [0.4, 0.5) is 5.69 Å². The second kappa shape index (κ2) is 9.30. The average Bonchev–Trinajstić information content (AvgIpc) is 2.54. The first-order valence-electron chi connectivity index (χ1n) is 7.64. The maximum atomic E-state index is 11.8. The Bertz CT molecular complexity index is 685. The third kappa shape index (κ3) is 6.22. The van der Waals surface area contributed by atoms with Crippen LogP contribution in [0.15, 0.2) is 48.5 Å². The van der Waals surface area contributed by atoms with Crippen molar-refractivity contribution in [2.45, 2.75) is 19.3 Å². The second-order valence-corrected chi connectivity index (χ2v) is 6.18. The number of benzene rings is 2. The molecule has 2 aromatic carbocycles. The largest absolute Gasteiger partial charge is 0.348 e. The lowest BCUT2D eigenvalue weighted by atomic mass is 10.1. The third-order valence-corrected chi connectivity index (χ3v) is 3.78. The van der Waals surface area contributed by atoms with Gasteiger partial charge in [-0.05, 0) is 43.0 Å². The molecule has 0 aliphatic heterocycles. The number of unbranched alkanes of at least 4 members (excludes halogenated alkanes) is 1. The van der Waals surface area contributed by atoms with Gasteiger partial charge in [0.25, 0.3) is 0 Å². The zero-order valence-corrected chi connectivity index (χ0v) is 14.5. The Morgan fingerprint density at radius 1 is 0.875 bits per heavy atom. The maximum absolute atomic E-state index is 11.8. The summed E-state index contributed by atoms with van der Waals surface area (Å²) >= 11 is 11.7. The van der Waals surface area contributed by atoms with Crippen LogP contribution < -0.4 is 10.6 Å². The number of hydrogen-bond donors (Lipinski definition) is 2. The minimum Gasteiger partial charge on any atom is -0.348 e. The molecule has 0 radical (unpaired) electrons. The van der Waals surface area contributed by atoms with Gasteiger partial charge in [-0.25, -0.2) is 0 Å². The van der Waals surface area contributed by atoms with E-state index < -0.39 is 11.8 Å². The van der Waals surface area contributed by atoms with Crippen molar-refractivity contribution in [3.63, 3.8) is 0 Å². The minimum atomic E-state index is -0.739. The van der Waals surface area contributed by atoms with Crippen LogP contribution >= 0.6 is 23.2 Å². The Kier molecular flexibility index (Phi) is 7.09. The van der Waals surface area contributed by atoms with Gasteiger partial charge in [-0.15, -0.1) is 0 Å². The van der Waals surface area contributed by atoms with Crippen molar-refractivity contribution in [3.05, 3.63) is 64.1 Å². The lowest BCUT2D eigenvalue weighted by Crippen LogP contribution is -2.35. The molecule has 0 aromatic heterocycles. The first-order chi connectivity index (χ1) is 11.5. The van der Waals surface area contributed by atoms with Gasteiger partial charge in [0.15, 0.2) is 0 Å². The first kappa shape index (κ1) is 18.3. The van der Waals surface area contributed by atoms with Crippen molar-refractivity contribution in [2.75, 3.05) is 11.9 Å². The predicted octanol–water partition coefficient (Wildman–Crippen LogP) is 4.07. The molecular formula is C18H18Cl2N2O2. The molecule has 0 unspecified atom stereocenters. The molecule has 2 aromatic rings. The fourth-order valence-electron chi connectivity index (χ4n) is 2.19. The summed E-state index contributed by atoms with van der Waals surface area (Å²) in [6.45, 7) is 0.454. The molecule has 0 aliphatic carbocycles. The summed E-state index contributed by atoms with van der Waals surface area (Å²) in [6, 6.07) is 14.7. The summed E-state index contributed by atoms with van der Waals surface area (Å²) in [4.78, 5) is 23.6. The van der Waals surface area contributed by atoms with Gasteiger partial charge in [0.05, 0.1) is 0 Å². The van der Waals surface area contributed by atoms with Crippen LogP contribution in [0.2, 0.25) is 10.0 Å². The van der Waals surface area contributed by atoms with Gasteiger partial charge >= 0.3 is 11.8 Å². The van der Waals surface area contributed by atoms with Crippen LogP contribution in [0, 0.1) is 0 Å². The number of hydrogen-bond acceptors (Lipinski definition) is 2. The van der Waals surface area contributed by atoms with Gasteiger partial charge in [-0.3, -0.25) is 9.59 Å². The number of halogens is 2. The fraction of sp³-hybridized carbons (Fsp3) is 0.222. The molecular weight excluding hydrogens is 347 g/mol. The van der Waals surface area contributed by atoms with E-state index in [0.717, 1.165) is 19.3 Å². The van der Waals surface area contributed by atoms with Crippen molar-refractivity contribution >= 4 is 40.7 Å². The van der Waals surface area contributed by atoms with E-state index >= 15 is 0 Å². The molecule has 0 bridgehead atoms. The van der Waals surface area contributed by atoms with Crippen LogP contribution in [-0.4, -0.2) is 18.4 Å². The van der Waals surface area contributed by atoms with E-state index in [0.29, 0.717) is 22.3 Å². The van der Waals surface area contributed by atoms with Crippen molar-refractivity contribution < 1.29 is 9.59 Å². The second-order valence-electron chi connectivity index (χ2n) is 5.31. The summed E-state index contributed by atoms with van der Waals surface area (Å²) in [6.07, 6.45) is 2.69. The van der Waals surface area contributed by atoms with Crippen LogP contribution in [-0.2, 0) is 16.0 Å². The van der Waals surface area contributed by atoms with E-state index in [2.05, 4.69) is 22.8 Å². The molecule has 2 N–H and O–H groups in total.